The molecule has 0 aromatic heterocycles. The number of nitrogens with one attached hydrogen (secondary N) is 1. The first kappa shape index (κ1) is 14.6. The Labute approximate surface area is 121 Å². The molecule has 0 aliphatic rings. The summed E-state index contributed by atoms with van der Waals surface area (Å²) in [5.41, 5.74) is 1.77. The zero-order valence-corrected chi connectivity index (χ0v) is 11.5. The number of hydrogen-bond acceptors (Lipinski definition) is 3. The summed E-state index contributed by atoms with van der Waals surface area (Å²) in [6, 6.07) is 11.1. The van der Waals surface area contributed by atoms with Crippen LogP contribution >= 0.6 is 0 Å². The van der Waals surface area contributed by atoms with E-state index in [0.29, 0.717) is 16.7 Å². The topological polar surface area (TPSA) is 86.6 Å². The summed E-state index contributed by atoms with van der Waals surface area (Å²) < 4.78 is 0. The number of carbonyl (C=O) groups is 2. The van der Waals surface area contributed by atoms with Gasteiger partial charge in [0.2, 0.25) is 0 Å². The predicted octanol–water partition coefficient (Wildman–Crippen LogP) is 2.33. The first-order chi connectivity index (χ1) is 9.99. The number of carbonyl (C=O) groups excluding carboxylic acids is 1. The molecule has 5 nitrogen and oxygen atoms in total. The van der Waals surface area contributed by atoms with Gasteiger partial charge in [0.1, 0.15) is 5.75 Å². The van der Waals surface area contributed by atoms with E-state index in [1.165, 1.54) is 18.2 Å². The molecule has 0 saturated heterocycles. The largest absolute Gasteiger partial charge is 0.508 e. The van der Waals surface area contributed by atoms with Crippen molar-refractivity contribution in [3.63, 3.8) is 0 Å². The molecule has 0 spiro atoms. The number of amides is 1. The van der Waals surface area contributed by atoms with Crippen molar-refractivity contribution >= 4 is 11.9 Å². The number of carboxylic acids is 1. The van der Waals surface area contributed by atoms with Crippen LogP contribution in [0.2, 0.25) is 0 Å². The number of carboxylic acid groups (broad SMARTS) is 1. The van der Waals surface area contributed by atoms with Crippen molar-refractivity contribution in [3.8, 4) is 5.75 Å². The van der Waals surface area contributed by atoms with Gasteiger partial charge in [-0.3, -0.25) is 4.79 Å². The summed E-state index contributed by atoms with van der Waals surface area (Å²) in [6.45, 7) is 1.88. The van der Waals surface area contributed by atoms with Gasteiger partial charge in [-0.05, 0) is 36.8 Å². The monoisotopic (exact) mass is 285 g/mol. The summed E-state index contributed by atoms with van der Waals surface area (Å²) in [7, 11) is 0. The second-order valence-corrected chi connectivity index (χ2v) is 4.64. The fraction of sp³-hybridized carbons (Fsp3) is 0.125. The van der Waals surface area contributed by atoms with E-state index in [4.69, 9.17) is 5.11 Å². The number of aromatic carboxylic acids is 1. The Balaban J connectivity index is 2.09. The molecule has 3 N–H and O–H groups in total. The van der Waals surface area contributed by atoms with E-state index < -0.39 is 5.97 Å². The van der Waals surface area contributed by atoms with Crippen molar-refractivity contribution in [2.24, 2.45) is 0 Å². The van der Waals surface area contributed by atoms with Crippen LogP contribution in [0.1, 0.15) is 31.8 Å². The van der Waals surface area contributed by atoms with E-state index in [0.717, 1.165) is 0 Å². The Hall–Kier alpha value is -2.82. The van der Waals surface area contributed by atoms with Crippen LogP contribution in [0.5, 0.6) is 5.75 Å². The Kier molecular flexibility index (Phi) is 4.23. The van der Waals surface area contributed by atoms with Gasteiger partial charge >= 0.3 is 5.97 Å². The predicted molar refractivity (Wildman–Crippen MR) is 77.4 cm³/mol. The third kappa shape index (κ3) is 3.39. The maximum absolute atomic E-state index is 12.1. The van der Waals surface area contributed by atoms with Crippen LogP contribution in [0.25, 0.3) is 0 Å². The van der Waals surface area contributed by atoms with Crippen molar-refractivity contribution in [3.05, 3.63) is 64.7 Å². The molecule has 2 aromatic carbocycles. The fourth-order valence-corrected chi connectivity index (χ4v) is 1.96. The van der Waals surface area contributed by atoms with Crippen LogP contribution in [0.15, 0.2) is 42.5 Å². The van der Waals surface area contributed by atoms with Crippen molar-refractivity contribution < 1.29 is 19.8 Å². The average molecular weight is 285 g/mol. The fourth-order valence-electron chi connectivity index (χ4n) is 1.96. The molecule has 0 atom stereocenters. The molecule has 0 fully saturated rings. The van der Waals surface area contributed by atoms with E-state index in [-0.39, 0.29) is 23.8 Å². The lowest BCUT2D eigenvalue weighted by atomic mass is 10.1. The molecule has 2 rings (SSSR count). The van der Waals surface area contributed by atoms with E-state index >= 15 is 0 Å². The highest BCUT2D eigenvalue weighted by Crippen LogP contribution is 2.19. The highest BCUT2D eigenvalue weighted by atomic mass is 16.4. The van der Waals surface area contributed by atoms with Crippen molar-refractivity contribution in [1.29, 1.82) is 0 Å². The molecule has 0 saturated carbocycles. The van der Waals surface area contributed by atoms with Crippen molar-refractivity contribution in [1.82, 2.24) is 5.32 Å². The molecule has 0 unspecified atom stereocenters. The van der Waals surface area contributed by atoms with Gasteiger partial charge in [0, 0.05) is 17.7 Å². The van der Waals surface area contributed by atoms with E-state index in [2.05, 4.69) is 5.32 Å². The summed E-state index contributed by atoms with van der Waals surface area (Å²) >= 11 is 0. The lowest BCUT2D eigenvalue weighted by molar-refractivity contribution is 0.0696. The van der Waals surface area contributed by atoms with Crippen LogP contribution in [-0.4, -0.2) is 22.1 Å². The lowest BCUT2D eigenvalue weighted by Crippen LogP contribution is -2.23. The summed E-state index contributed by atoms with van der Waals surface area (Å²) in [6.07, 6.45) is 0. The van der Waals surface area contributed by atoms with Crippen LogP contribution < -0.4 is 5.32 Å². The highest BCUT2D eigenvalue weighted by molar-refractivity contribution is 5.96. The quantitative estimate of drug-likeness (QED) is 0.804. The van der Waals surface area contributed by atoms with E-state index in [1.807, 2.05) is 0 Å². The lowest BCUT2D eigenvalue weighted by Gasteiger charge is -2.09. The van der Waals surface area contributed by atoms with Gasteiger partial charge in [-0.25, -0.2) is 4.79 Å². The Morgan fingerprint density at radius 2 is 1.86 bits per heavy atom. The number of aromatic hydroxyl groups is 1. The standard InChI is InChI=1S/C16H15NO4/c1-10-13(6-3-7-14(10)18)15(19)17-9-11-4-2-5-12(8-11)16(20)21/h2-8,18H,9H2,1H3,(H,17,19)(H,20,21). The SMILES string of the molecule is Cc1c(O)cccc1C(=O)NCc1cccc(C(=O)O)c1. The molecule has 0 radical (unpaired) electrons. The van der Waals surface area contributed by atoms with E-state index in [9.17, 15) is 14.7 Å². The number of benzene rings is 2. The Bertz CT molecular complexity index is 694. The second-order valence-electron chi connectivity index (χ2n) is 4.64. The Morgan fingerprint density at radius 3 is 2.57 bits per heavy atom. The zero-order chi connectivity index (χ0) is 15.4. The van der Waals surface area contributed by atoms with Crippen LogP contribution in [0.4, 0.5) is 0 Å². The first-order valence-corrected chi connectivity index (χ1v) is 6.38. The van der Waals surface area contributed by atoms with Gasteiger partial charge < -0.3 is 15.5 Å². The summed E-state index contributed by atoms with van der Waals surface area (Å²) in [5.74, 6) is -1.26. The molecule has 2 aromatic rings. The minimum atomic E-state index is -1.01. The molecule has 1 amide bonds. The van der Waals surface area contributed by atoms with E-state index in [1.54, 1.807) is 31.2 Å². The van der Waals surface area contributed by atoms with Crippen LogP contribution in [0.3, 0.4) is 0 Å². The summed E-state index contributed by atoms with van der Waals surface area (Å²) in [5, 5.41) is 21.2. The van der Waals surface area contributed by atoms with Gasteiger partial charge in [-0.15, -0.1) is 0 Å². The maximum atomic E-state index is 12.1. The molecule has 0 heterocycles. The molecular weight excluding hydrogens is 270 g/mol. The van der Waals surface area contributed by atoms with Gasteiger partial charge in [-0.1, -0.05) is 18.2 Å². The maximum Gasteiger partial charge on any atom is 0.335 e. The Morgan fingerprint density at radius 1 is 1.14 bits per heavy atom. The smallest absolute Gasteiger partial charge is 0.335 e. The first-order valence-electron chi connectivity index (χ1n) is 6.38. The van der Waals surface area contributed by atoms with Crippen LogP contribution in [0, 0.1) is 6.92 Å². The van der Waals surface area contributed by atoms with Gasteiger partial charge in [0.05, 0.1) is 5.56 Å². The molecule has 0 aliphatic heterocycles. The minimum absolute atomic E-state index is 0.0653. The van der Waals surface area contributed by atoms with Crippen molar-refractivity contribution in [2.75, 3.05) is 0 Å². The second kappa shape index (κ2) is 6.09. The minimum Gasteiger partial charge on any atom is -0.508 e. The zero-order valence-electron chi connectivity index (χ0n) is 11.5. The number of phenols is 1. The molecule has 0 aliphatic carbocycles. The van der Waals surface area contributed by atoms with Gasteiger partial charge in [0.25, 0.3) is 5.91 Å². The normalized spacial score (nSPS) is 10.1. The third-order valence-corrected chi connectivity index (χ3v) is 3.18. The van der Waals surface area contributed by atoms with Crippen molar-refractivity contribution in [2.45, 2.75) is 13.5 Å². The number of phenolic OH excluding ortho intramolecular Hbond substituents is 1. The van der Waals surface area contributed by atoms with Crippen LogP contribution in [-0.2, 0) is 6.54 Å². The molecule has 21 heavy (non-hydrogen) atoms. The molecule has 5 heteroatoms. The highest BCUT2D eigenvalue weighted by Gasteiger charge is 2.11. The molecule has 108 valence electrons. The van der Waals surface area contributed by atoms with Gasteiger partial charge in [0.15, 0.2) is 0 Å². The van der Waals surface area contributed by atoms with Gasteiger partial charge in [-0.2, -0.15) is 0 Å². The number of rotatable bonds is 4. The molecular formula is C16H15NO4. The number of hydrogen-bond donors (Lipinski definition) is 3. The average Bonchev–Trinajstić information content (AvgIpc) is 2.48. The summed E-state index contributed by atoms with van der Waals surface area (Å²) in [4.78, 5) is 23.0. The third-order valence-electron chi connectivity index (χ3n) is 3.18. The molecule has 0 bridgehead atoms.